The van der Waals surface area contributed by atoms with Gasteiger partial charge in [-0.3, -0.25) is 4.90 Å². The average molecular weight is 591 g/mol. The van der Waals surface area contributed by atoms with Gasteiger partial charge in [0.1, 0.15) is 5.75 Å². The Hall–Kier alpha value is -4.36. The molecule has 7 heteroatoms. The van der Waals surface area contributed by atoms with Crippen LogP contribution < -0.4 is 19.1 Å². The topological polar surface area (TPSA) is 51.2 Å². The van der Waals surface area contributed by atoms with Crippen LogP contribution in [0.25, 0.3) is 21.5 Å². The number of carbonyl (C=O) groups is 1. The number of anilines is 2. The number of likely N-dealkylation sites (tertiary alicyclic amines) is 1. The zero-order valence-corrected chi connectivity index (χ0v) is 25.4. The Morgan fingerprint density at radius 3 is 2.12 bits per heavy atom. The van der Waals surface area contributed by atoms with Crippen LogP contribution in [0.4, 0.5) is 16.2 Å². The molecule has 218 valence electrons. The summed E-state index contributed by atoms with van der Waals surface area (Å²) in [7, 11) is 5.02. The molecule has 5 aromatic carbocycles. The van der Waals surface area contributed by atoms with Crippen LogP contribution in [0.3, 0.4) is 0 Å². The van der Waals surface area contributed by atoms with E-state index in [1.807, 2.05) is 35.2 Å². The lowest BCUT2D eigenvalue weighted by molar-refractivity contribution is 0.158. The molecule has 1 saturated heterocycles. The molecule has 2 aliphatic heterocycles. The number of hydrogen-bond acceptors (Lipinski definition) is 5. The third-order valence-corrected chi connectivity index (χ3v) is 9.83. The number of fused-ring (bicyclic) bond motifs is 5. The second kappa shape index (κ2) is 11.4. The van der Waals surface area contributed by atoms with E-state index in [0.717, 1.165) is 80.7 Å². The highest BCUT2D eigenvalue weighted by Gasteiger charge is 2.35. The van der Waals surface area contributed by atoms with E-state index in [1.54, 1.807) is 33.1 Å². The summed E-state index contributed by atoms with van der Waals surface area (Å²) in [6.07, 6.45) is 3.79. The van der Waals surface area contributed by atoms with Crippen molar-refractivity contribution in [3.8, 4) is 17.2 Å². The molecule has 43 heavy (non-hydrogen) atoms. The van der Waals surface area contributed by atoms with Crippen LogP contribution in [0.15, 0.2) is 94.7 Å². The second-order valence-corrected chi connectivity index (χ2v) is 12.2. The molecule has 0 spiro atoms. The second-order valence-electron chi connectivity index (χ2n) is 11.1. The van der Waals surface area contributed by atoms with Gasteiger partial charge in [0.2, 0.25) is 0 Å². The van der Waals surface area contributed by atoms with Gasteiger partial charge in [0.25, 0.3) is 0 Å². The van der Waals surface area contributed by atoms with Crippen molar-refractivity contribution in [2.75, 3.05) is 32.8 Å². The number of carbonyl (C=O) groups excluding carboxylic acids is 1. The van der Waals surface area contributed by atoms with Crippen molar-refractivity contribution < 1.29 is 19.0 Å². The summed E-state index contributed by atoms with van der Waals surface area (Å²) in [5.74, 6) is 2.18. The minimum Gasteiger partial charge on any atom is -0.497 e. The number of piperidine rings is 1. The van der Waals surface area contributed by atoms with Crippen molar-refractivity contribution >= 4 is 50.7 Å². The van der Waals surface area contributed by atoms with Gasteiger partial charge in [-0.05, 0) is 101 Å². The molecule has 0 saturated carbocycles. The lowest BCUT2D eigenvalue weighted by atomic mass is 9.90. The van der Waals surface area contributed by atoms with E-state index in [-0.39, 0.29) is 12.1 Å². The molecule has 0 unspecified atom stereocenters. The Bertz CT molecular complexity index is 1810. The molecule has 0 aliphatic carbocycles. The monoisotopic (exact) mass is 590 g/mol. The van der Waals surface area contributed by atoms with Gasteiger partial charge in [0, 0.05) is 22.4 Å². The summed E-state index contributed by atoms with van der Waals surface area (Å²) in [6.45, 7) is 0.733. The molecular formula is C36H34N2O4S. The molecule has 2 aliphatic rings. The summed E-state index contributed by atoms with van der Waals surface area (Å²) in [5.41, 5.74) is 3.08. The largest absolute Gasteiger partial charge is 0.497 e. The number of rotatable bonds is 5. The van der Waals surface area contributed by atoms with Crippen LogP contribution in [0, 0.1) is 0 Å². The summed E-state index contributed by atoms with van der Waals surface area (Å²) in [5, 5.41) is 4.39. The minimum absolute atomic E-state index is 0.0407. The minimum atomic E-state index is 0.0407. The van der Waals surface area contributed by atoms with Crippen molar-refractivity contribution in [3.63, 3.8) is 0 Å². The number of benzene rings is 5. The molecule has 5 aromatic rings. The van der Waals surface area contributed by atoms with E-state index >= 15 is 0 Å². The lowest BCUT2D eigenvalue weighted by Gasteiger charge is -2.41. The molecule has 2 amide bonds. The van der Waals surface area contributed by atoms with Crippen LogP contribution >= 0.6 is 11.8 Å². The van der Waals surface area contributed by atoms with E-state index < -0.39 is 0 Å². The zero-order chi connectivity index (χ0) is 29.5. The third-order valence-electron chi connectivity index (χ3n) is 8.70. The maximum atomic E-state index is 14.6. The first-order valence-electron chi connectivity index (χ1n) is 14.7. The predicted molar refractivity (Wildman–Crippen MR) is 174 cm³/mol. The summed E-state index contributed by atoms with van der Waals surface area (Å²) >= 11 is 1.72. The number of hydrogen-bond donors (Lipinski definition) is 0. The van der Waals surface area contributed by atoms with Gasteiger partial charge >= 0.3 is 6.03 Å². The molecule has 0 N–H and O–H groups in total. The first kappa shape index (κ1) is 27.5. The van der Waals surface area contributed by atoms with E-state index in [2.05, 4.69) is 59.5 Å². The maximum absolute atomic E-state index is 14.6. The standard InChI is InChI=1S/C36H34N2O4S/c1-40-26-16-15-23-18-24(28-21-32(41-2)33(42-3)22-29(28)27(23)20-26)19-25-10-8-9-17-37(25)36(39)38-30-11-4-6-13-34(30)43-35-14-7-5-12-31(35)38/h4-7,11-16,18,20-22,25H,8-10,17,19H2,1-3H3/t25-/m1/s1. The lowest BCUT2D eigenvalue weighted by Crippen LogP contribution is -2.50. The fourth-order valence-corrected chi connectivity index (χ4v) is 7.64. The molecule has 1 fully saturated rings. The molecule has 0 aromatic heterocycles. The van der Waals surface area contributed by atoms with Crippen LogP contribution in [0.5, 0.6) is 17.2 Å². The van der Waals surface area contributed by atoms with Crippen LogP contribution in [-0.4, -0.2) is 44.8 Å². The Labute approximate surface area is 256 Å². The van der Waals surface area contributed by atoms with Crippen molar-refractivity contribution in [2.24, 2.45) is 0 Å². The first-order chi connectivity index (χ1) is 21.1. The number of methoxy groups -OCH3 is 3. The molecule has 0 bridgehead atoms. The molecule has 2 heterocycles. The van der Waals surface area contributed by atoms with E-state index in [1.165, 1.54) is 5.56 Å². The van der Waals surface area contributed by atoms with Gasteiger partial charge in [-0.1, -0.05) is 48.2 Å². The quantitative estimate of drug-likeness (QED) is 0.191. The van der Waals surface area contributed by atoms with Crippen molar-refractivity contribution in [2.45, 2.75) is 41.5 Å². The Morgan fingerprint density at radius 2 is 1.44 bits per heavy atom. The fraction of sp³-hybridized carbons (Fsp3) is 0.250. The summed E-state index contributed by atoms with van der Waals surface area (Å²) in [4.78, 5) is 20.8. The number of para-hydroxylation sites is 2. The Balaban J connectivity index is 1.32. The van der Waals surface area contributed by atoms with E-state index in [4.69, 9.17) is 14.2 Å². The summed E-state index contributed by atoms with van der Waals surface area (Å²) < 4.78 is 17.0. The number of amides is 2. The zero-order valence-electron chi connectivity index (χ0n) is 24.6. The molecule has 1 atom stereocenters. The highest BCUT2D eigenvalue weighted by atomic mass is 32.2. The maximum Gasteiger partial charge on any atom is 0.329 e. The van der Waals surface area contributed by atoms with Crippen molar-refractivity contribution in [1.82, 2.24) is 4.90 Å². The van der Waals surface area contributed by atoms with Gasteiger partial charge < -0.3 is 19.1 Å². The van der Waals surface area contributed by atoms with Gasteiger partial charge in [-0.15, -0.1) is 0 Å². The smallest absolute Gasteiger partial charge is 0.329 e. The van der Waals surface area contributed by atoms with Crippen molar-refractivity contribution in [3.05, 3.63) is 90.5 Å². The van der Waals surface area contributed by atoms with Gasteiger partial charge in [-0.25, -0.2) is 4.79 Å². The number of urea groups is 1. The van der Waals surface area contributed by atoms with Crippen LogP contribution in [0.2, 0.25) is 0 Å². The Morgan fingerprint density at radius 1 is 0.767 bits per heavy atom. The van der Waals surface area contributed by atoms with Gasteiger partial charge in [0.15, 0.2) is 11.5 Å². The summed E-state index contributed by atoms with van der Waals surface area (Å²) in [6, 6.07) is 29.1. The predicted octanol–water partition coefficient (Wildman–Crippen LogP) is 8.84. The molecule has 7 rings (SSSR count). The van der Waals surface area contributed by atoms with Gasteiger partial charge in [-0.2, -0.15) is 0 Å². The average Bonchev–Trinajstić information content (AvgIpc) is 3.06. The highest BCUT2D eigenvalue weighted by molar-refractivity contribution is 7.99. The van der Waals surface area contributed by atoms with Crippen molar-refractivity contribution in [1.29, 1.82) is 0 Å². The number of ether oxygens (including phenoxy) is 3. The third kappa shape index (κ3) is 4.82. The normalized spacial score (nSPS) is 16.1. The van der Waals surface area contributed by atoms with Crippen LogP contribution in [-0.2, 0) is 6.42 Å². The van der Waals surface area contributed by atoms with E-state index in [0.29, 0.717) is 11.5 Å². The van der Waals surface area contributed by atoms with Crippen LogP contribution in [0.1, 0.15) is 24.8 Å². The SMILES string of the molecule is COc1ccc2cc(C[C@H]3CCCCN3C(=O)N3c4ccccc4Sc4ccccc43)c3cc(OC)c(OC)cc3c2c1. The highest BCUT2D eigenvalue weighted by Crippen LogP contribution is 2.49. The fourth-order valence-electron chi connectivity index (χ4n) is 6.58. The van der Waals surface area contributed by atoms with E-state index in [9.17, 15) is 4.79 Å². The molecule has 0 radical (unpaired) electrons. The molecular weight excluding hydrogens is 556 g/mol. The van der Waals surface area contributed by atoms with Gasteiger partial charge in [0.05, 0.1) is 32.7 Å². The number of nitrogens with zero attached hydrogens (tertiary/aromatic N) is 2. The first-order valence-corrected chi connectivity index (χ1v) is 15.5. The molecule has 6 nitrogen and oxygen atoms in total. The Kier molecular flexibility index (Phi) is 7.27.